The summed E-state index contributed by atoms with van der Waals surface area (Å²) in [7, 11) is 0. The second kappa shape index (κ2) is 6.67. The molecule has 1 unspecified atom stereocenters. The van der Waals surface area contributed by atoms with Crippen LogP contribution in [0.2, 0.25) is 0 Å². The Labute approximate surface area is 161 Å². The number of hydrogen-bond donors (Lipinski definition) is 2. The zero-order chi connectivity index (χ0) is 19.3. The van der Waals surface area contributed by atoms with Gasteiger partial charge in [0.05, 0.1) is 18.8 Å². The molecular weight excluding hydrogens is 359 g/mol. The van der Waals surface area contributed by atoms with Crippen LogP contribution < -0.4 is 5.32 Å². The van der Waals surface area contributed by atoms with E-state index in [1.54, 1.807) is 19.3 Å². The predicted octanol–water partition coefficient (Wildman–Crippen LogP) is 3.68. The van der Waals surface area contributed by atoms with Crippen LogP contribution in [0.3, 0.4) is 0 Å². The number of nitrogens with one attached hydrogen (secondary N) is 1. The van der Waals surface area contributed by atoms with Crippen molar-refractivity contribution in [3.63, 3.8) is 0 Å². The Kier molecular flexibility index (Phi) is 4.12. The highest BCUT2D eigenvalue weighted by atomic mass is 19.1. The van der Waals surface area contributed by atoms with Gasteiger partial charge in [0, 0.05) is 41.0 Å². The lowest BCUT2D eigenvalue weighted by Crippen LogP contribution is -2.39. The standard InChI is InChI=1S/C21H21FN4O2/c1-11-6-16(22)18(17(27)7-11)20-15-8-23-5-4-14(15)21(26-25-20)24-19-12-2-3-13(19)10-28-9-12/h4-8,12-13,19,27H,2-3,9-10H2,1H3,(H,24,26)/t12-,13+,19?. The van der Waals surface area contributed by atoms with Crippen LogP contribution >= 0.6 is 0 Å². The maximum atomic E-state index is 14.6. The van der Waals surface area contributed by atoms with Crippen molar-refractivity contribution in [3.05, 3.63) is 42.0 Å². The lowest BCUT2D eigenvalue weighted by molar-refractivity contribution is 0.0392. The second-order valence-corrected chi connectivity index (χ2v) is 7.76. The number of fused-ring (bicyclic) bond motifs is 3. The van der Waals surface area contributed by atoms with Crippen molar-refractivity contribution >= 4 is 16.6 Å². The zero-order valence-electron chi connectivity index (χ0n) is 15.5. The topological polar surface area (TPSA) is 80.2 Å². The van der Waals surface area contributed by atoms with Crippen LogP contribution in [0.1, 0.15) is 18.4 Å². The molecule has 0 amide bonds. The number of aryl methyl sites for hydroxylation is 1. The first-order valence-electron chi connectivity index (χ1n) is 9.56. The molecule has 2 bridgehead atoms. The highest BCUT2D eigenvalue weighted by Gasteiger charge is 2.40. The van der Waals surface area contributed by atoms with E-state index >= 15 is 0 Å². The van der Waals surface area contributed by atoms with Crippen molar-refractivity contribution < 1.29 is 14.2 Å². The fraction of sp³-hybridized carbons (Fsp3) is 0.381. The van der Waals surface area contributed by atoms with Gasteiger partial charge in [0.15, 0.2) is 5.82 Å². The number of aromatic hydroxyl groups is 1. The number of aromatic nitrogens is 3. The molecule has 144 valence electrons. The molecular formula is C21H21FN4O2. The Morgan fingerprint density at radius 3 is 2.68 bits per heavy atom. The summed E-state index contributed by atoms with van der Waals surface area (Å²) in [5.41, 5.74) is 0.981. The minimum atomic E-state index is -0.528. The Bertz CT molecular complexity index is 1020. The minimum Gasteiger partial charge on any atom is -0.507 e. The first-order chi connectivity index (χ1) is 13.6. The molecule has 2 fully saturated rings. The van der Waals surface area contributed by atoms with Gasteiger partial charge in [-0.2, -0.15) is 0 Å². The third-order valence-electron chi connectivity index (χ3n) is 5.92. The Morgan fingerprint density at radius 2 is 1.93 bits per heavy atom. The lowest BCUT2D eigenvalue weighted by Gasteiger charge is -2.31. The van der Waals surface area contributed by atoms with E-state index in [1.165, 1.54) is 12.1 Å². The predicted molar refractivity (Wildman–Crippen MR) is 104 cm³/mol. The van der Waals surface area contributed by atoms with E-state index < -0.39 is 5.82 Å². The third kappa shape index (κ3) is 2.77. The fourth-order valence-corrected chi connectivity index (χ4v) is 4.56. The van der Waals surface area contributed by atoms with Gasteiger partial charge in [-0.3, -0.25) is 4.98 Å². The van der Waals surface area contributed by atoms with Crippen molar-refractivity contribution in [1.29, 1.82) is 0 Å². The van der Waals surface area contributed by atoms with Crippen LogP contribution in [0.25, 0.3) is 22.0 Å². The van der Waals surface area contributed by atoms with Gasteiger partial charge >= 0.3 is 0 Å². The van der Waals surface area contributed by atoms with Crippen molar-refractivity contribution in [2.75, 3.05) is 18.5 Å². The smallest absolute Gasteiger partial charge is 0.156 e. The monoisotopic (exact) mass is 380 g/mol. The van der Waals surface area contributed by atoms with E-state index in [1.807, 2.05) is 6.07 Å². The molecule has 2 N–H and O–H groups in total. The molecule has 0 spiro atoms. The summed E-state index contributed by atoms with van der Waals surface area (Å²) in [5.74, 6) is 0.920. The summed E-state index contributed by atoms with van der Waals surface area (Å²) in [4.78, 5) is 4.19. The molecule has 0 radical (unpaired) electrons. The van der Waals surface area contributed by atoms with Crippen LogP contribution in [-0.2, 0) is 4.74 Å². The maximum absolute atomic E-state index is 14.6. The molecule has 3 heterocycles. The Morgan fingerprint density at radius 1 is 1.14 bits per heavy atom. The van der Waals surface area contributed by atoms with E-state index in [9.17, 15) is 9.50 Å². The summed E-state index contributed by atoms with van der Waals surface area (Å²) in [5, 5.41) is 24.0. The quantitative estimate of drug-likeness (QED) is 0.722. The van der Waals surface area contributed by atoms with E-state index in [4.69, 9.17) is 4.74 Å². The number of ether oxygens (including phenoxy) is 1. The van der Waals surface area contributed by atoms with Crippen LogP contribution in [0, 0.1) is 24.6 Å². The number of nitrogens with zero attached hydrogens (tertiary/aromatic N) is 3. The van der Waals surface area contributed by atoms with Gasteiger partial charge in [-0.1, -0.05) is 0 Å². The zero-order valence-corrected chi connectivity index (χ0v) is 15.5. The van der Waals surface area contributed by atoms with Crippen molar-refractivity contribution in [2.24, 2.45) is 11.8 Å². The minimum absolute atomic E-state index is 0.0498. The molecule has 1 saturated carbocycles. The first kappa shape index (κ1) is 17.3. The first-order valence-corrected chi connectivity index (χ1v) is 9.56. The normalized spacial score (nSPS) is 23.9. The summed E-state index contributed by atoms with van der Waals surface area (Å²) < 4.78 is 20.3. The fourth-order valence-electron chi connectivity index (χ4n) is 4.56. The molecule has 3 atom stereocenters. The van der Waals surface area contributed by atoms with Gasteiger partial charge in [-0.15, -0.1) is 10.2 Å². The van der Waals surface area contributed by atoms with Gasteiger partial charge in [0.1, 0.15) is 17.3 Å². The number of pyridine rings is 1. The van der Waals surface area contributed by atoms with Gasteiger partial charge in [0.2, 0.25) is 0 Å². The average Bonchev–Trinajstić information content (AvgIpc) is 2.88. The Hall–Kier alpha value is -2.80. The number of hydrogen-bond acceptors (Lipinski definition) is 6. The highest BCUT2D eigenvalue weighted by Crippen LogP contribution is 2.40. The van der Waals surface area contributed by atoms with Crippen LogP contribution in [0.4, 0.5) is 10.2 Å². The molecule has 28 heavy (non-hydrogen) atoms. The number of halogens is 1. The van der Waals surface area contributed by atoms with Crippen molar-refractivity contribution in [2.45, 2.75) is 25.8 Å². The molecule has 1 saturated heterocycles. The Balaban J connectivity index is 1.61. The summed E-state index contributed by atoms with van der Waals surface area (Å²) in [6.07, 6.45) is 5.62. The molecule has 5 rings (SSSR count). The molecule has 1 aliphatic carbocycles. The van der Waals surface area contributed by atoms with Crippen molar-refractivity contribution in [1.82, 2.24) is 15.2 Å². The number of anilines is 1. The molecule has 2 aliphatic rings. The number of benzene rings is 1. The SMILES string of the molecule is Cc1cc(O)c(-c2nnc(NC3[C@@H]4CC[C@H]3COC4)c3ccncc23)c(F)c1. The summed E-state index contributed by atoms with van der Waals surface area (Å²) in [6, 6.07) is 5.05. The molecule has 6 nitrogen and oxygen atoms in total. The second-order valence-electron chi connectivity index (χ2n) is 7.76. The van der Waals surface area contributed by atoms with Crippen LogP contribution in [-0.4, -0.2) is 39.5 Å². The highest BCUT2D eigenvalue weighted by molar-refractivity contribution is 6.00. The van der Waals surface area contributed by atoms with E-state index in [2.05, 4.69) is 20.5 Å². The van der Waals surface area contributed by atoms with Gasteiger partial charge in [-0.25, -0.2) is 4.39 Å². The summed E-state index contributed by atoms with van der Waals surface area (Å²) in [6.45, 7) is 3.26. The molecule has 7 heteroatoms. The largest absolute Gasteiger partial charge is 0.507 e. The van der Waals surface area contributed by atoms with E-state index in [0.717, 1.165) is 31.4 Å². The van der Waals surface area contributed by atoms with E-state index in [0.29, 0.717) is 40.3 Å². The molecule has 1 aromatic carbocycles. The molecule has 2 aromatic heterocycles. The average molecular weight is 380 g/mol. The third-order valence-corrected chi connectivity index (χ3v) is 5.92. The van der Waals surface area contributed by atoms with Gasteiger partial charge < -0.3 is 15.2 Å². The lowest BCUT2D eigenvalue weighted by atomic mass is 9.96. The number of rotatable bonds is 3. The van der Waals surface area contributed by atoms with Gasteiger partial charge in [0.25, 0.3) is 0 Å². The number of phenolic OH excluding ortho intramolecular Hbond substituents is 1. The maximum Gasteiger partial charge on any atom is 0.156 e. The van der Waals surface area contributed by atoms with Crippen LogP contribution in [0.5, 0.6) is 5.75 Å². The van der Waals surface area contributed by atoms with Crippen LogP contribution in [0.15, 0.2) is 30.6 Å². The van der Waals surface area contributed by atoms with Gasteiger partial charge in [-0.05, 0) is 43.5 Å². The van der Waals surface area contributed by atoms with Crippen molar-refractivity contribution in [3.8, 4) is 17.0 Å². The number of phenols is 1. The van der Waals surface area contributed by atoms with E-state index in [-0.39, 0.29) is 11.3 Å². The summed E-state index contributed by atoms with van der Waals surface area (Å²) >= 11 is 0. The molecule has 3 aromatic rings. The molecule has 1 aliphatic heterocycles.